The molecule has 30 heavy (non-hydrogen) atoms. The summed E-state index contributed by atoms with van der Waals surface area (Å²) in [6.45, 7) is 4.34. The second-order valence-corrected chi connectivity index (χ2v) is 9.01. The lowest BCUT2D eigenvalue weighted by Gasteiger charge is -2.26. The number of ether oxygens (including phenoxy) is 1. The van der Waals surface area contributed by atoms with Crippen molar-refractivity contribution in [3.63, 3.8) is 0 Å². The smallest absolute Gasteiger partial charge is 0.243 e. The van der Waals surface area contributed by atoms with Crippen molar-refractivity contribution in [2.75, 3.05) is 39.9 Å². The van der Waals surface area contributed by atoms with E-state index >= 15 is 0 Å². The fraction of sp³-hybridized carbons (Fsp3) is 0.526. The second-order valence-electron chi connectivity index (χ2n) is 7.07. The summed E-state index contributed by atoms with van der Waals surface area (Å²) in [5, 5.41) is 6.66. The van der Waals surface area contributed by atoms with E-state index in [4.69, 9.17) is 9.26 Å². The zero-order valence-electron chi connectivity index (χ0n) is 17.2. The Kier molecular flexibility index (Phi) is 7.53. The van der Waals surface area contributed by atoms with E-state index in [0.717, 1.165) is 5.56 Å². The molecule has 1 saturated heterocycles. The van der Waals surface area contributed by atoms with Gasteiger partial charge in [-0.3, -0.25) is 9.69 Å². The molecule has 1 aliphatic rings. The maximum absolute atomic E-state index is 12.6. The largest absolute Gasteiger partial charge is 0.379 e. The number of carbonyl (C=O) groups excluding carboxylic acids is 1. The van der Waals surface area contributed by atoms with Crippen molar-refractivity contribution in [1.82, 2.24) is 24.7 Å². The van der Waals surface area contributed by atoms with Crippen LogP contribution >= 0.6 is 0 Å². The van der Waals surface area contributed by atoms with Gasteiger partial charge in [0, 0.05) is 26.1 Å². The molecule has 0 unspecified atom stereocenters. The number of aryl methyl sites for hydroxylation is 1. The van der Waals surface area contributed by atoms with Gasteiger partial charge < -0.3 is 14.6 Å². The summed E-state index contributed by atoms with van der Waals surface area (Å²) in [7, 11) is -1.72. The number of hydrogen-bond acceptors (Lipinski definition) is 8. The van der Waals surface area contributed by atoms with Gasteiger partial charge in [-0.1, -0.05) is 24.2 Å². The van der Waals surface area contributed by atoms with E-state index in [1.54, 1.807) is 36.2 Å². The lowest BCUT2D eigenvalue weighted by molar-refractivity contribution is -0.122. The zero-order chi connectivity index (χ0) is 21.6. The molecule has 2 heterocycles. The maximum atomic E-state index is 12.6. The molecule has 0 atom stereocenters. The molecule has 0 radical (unpaired) electrons. The minimum Gasteiger partial charge on any atom is -0.379 e. The number of benzene rings is 1. The van der Waals surface area contributed by atoms with Gasteiger partial charge in [-0.2, -0.15) is 9.29 Å². The van der Waals surface area contributed by atoms with Gasteiger partial charge in [0.15, 0.2) is 5.82 Å². The van der Waals surface area contributed by atoms with Crippen LogP contribution in [-0.2, 0) is 39.1 Å². The topological polar surface area (TPSA) is 118 Å². The van der Waals surface area contributed by atoms with Crippen LogP contribution in [0.15, 0.2) is 33.7 Å². The average Bonchev–Trinajstić information content (AvgIpc) is 3.20. The van der Waals surface area contributed by atoms with Crippen molar-refractivity contribution in [3.8, 4) is 0 Å². The lowest BCUT2D eigenvalue weighted by atomic mass is 10.2. The maximum Gasteiger partial charge on any atom is 0.243 e. The van der Waals surface area contributed by atoms with Crippen molar-refractivity contribution < 1.29 is 22.5 Å². The van der Waals surface area contributed by atoms with Gasteiger partial charge >= 0.3 is 0 Å². The summed E-state index contributed by atoms with van der Waals surface area (Å²) in [5.74, 6) is 0.957. The van der Waals surface area contributed by atoms with Crippen LogP contribution < -0.4 is 5.32 Å². The molecule has 1 amide bonds. The number of nitrogens with zero attached hydrogens (tertiary/aromatic N) is 4. The fourth-order valence-corrected chi connectivity index (χ4v) is 4.41. The Morgan fingerprint density at radius 2 is 1.93 bits per heavy atom. The molecular weight excluding hydrogens is 410 g/mol. The molecule has 0 saturated carbocycles. The number of morpholine rings is 1. The highest BCUT2D eigenvalue weighted by atomic mass is 32.2. The number of sulfonamides is 1. The van der Waals surface area contributed by atoms with Crippen LogP contribution in [-0.4, -0.2) is 73.6 Å². The highest BCUT2D eigenvalue weighted by Crippen LogP contribution is 2.17. The van der Waals surface area contributed by atoms with Crippen LogP contribution in [0.2, 0.25) is 0 Å². The number of amides is 1. The van der Waals surface area contributed by atoms with Crippen molar-refractivity contribution >= 4 is 15.9 Å². The molecule has 1 N–H and O–H groups in total. The minimum absolute atomic E-state index is 0.155. The van der Waals surface area contributed by atoms with Gasteiger partial charge in [0.25, 0.3) is 0 Å². The summed E-state index contributed by atoms with van der Waals surface area (Å²) < 4.78 is 37.0. The first-order valence-corrected chi connectivity index (χ1v) is 11.3. The number of rotatable bonds is 9. The van der Waals surface area contributed by atoms with Gasteiger partial charge in [-0.25, -0.2) is 8.42 Å². The second kappa shape index (κ2) is 10.1. The number of carbonyl (C=O) groups is 1. The molecule has 1 fully saturated rings. The Morgan fingerprint density at radius 1 is 1.23 bits per heavy atom. The highest BCUT2D eigenvalue weighted by molar-refractivity contribution is 7.89. The standard InChI is InChI=1S/C19H27N5O5S/c1-3-17-21-19(29-22-17)14-23(2)13-18(25)20-12-15-4-6-16(7-5-15)30(26,27)24-8-10-28-11-9-24/h4-7H,3,8-14H2,1-2H3,(H,20,25). The number of likely N-dealkylation sites (N-methyl/N-ethyl adjacent to an activating group) is 1. The third-order valence-electron chi connectivity index (χ3n) is 4.67. The van der Waals surface area contributed by atoms with E-state index in [1.807, 2.05) is 6.92 Å². The van der Waals surface area contributed by atoms with E-state index in [9.17, 15) is 13.2 Å². The van der Waals surface area contributed by atoms with Gasteiger partial charge in [0.1, 0.15) is 0 Å². The van der Waals surface area contributed by atoms with Gasteiger partial charge in [0.05, 0.1) is 31.2 Å². The van der Waals surface area contributed by atoms with Crippen molar-refractivity contribution in [1.29, 1.82) is 0 Å². The molecule has 1 aromatic carbocycles. The van der Waals surface area contributed by atoms with Gasteiger partial charge in [-0.05, 0) is 24.7 Å². The van der Waals surface area contributed by atoms with Crippen LogP contribution in [0, 0.1) is 0 Å². The van der Waals surface area contributed by atoms with Crippen LogP contribution in [0.5, 0.6) is 0 Å². The van der Waals surface area contributed by atoms with Crippen molar-refractivity contribution in [3.05, 3.63) is 41.5 Å². The SMILES string of the molecule is CCc1noc(CN(C)CC(=O)NCc2ccc(S(=O)(=O)N3CCOCC3)cc2)n1. The Bertz CT molecular complexity index is 938. The number of hydrogen-bond donors (Lipinski definition) is 1. The van der Waals surface area contributed by atoms with E-state index in [-0.39, 0.29) is 17.3 Å². The quantitative estimate of drug-likeness (QED) is 0.599. The first-order chi connectivity index (χ1) is 14.4. The zero-order valence-corrected chi connectivity index (χ0v) is 18.0. The lowest BCUT2D eigenvalue weighted by Crippen LogP contribution is -2.40. The summed E-state index contributed by atoms with van der Waals surface area (Å²) in [6, 6.07) is 6.56. The predicted molar refractivity (Wildman–Crippen MR) is 108 cm³/mol. The average molecular weight is 438 g/mol. The Labute approximate surface area is 176 Å². The van der Waals surface area contributed by atoms with Crippen molar-refractivity contribution in [2.45, 2.75) is 31.3 Å². The monoisotopic (exact) mass is 437 g/mol. The number of nitrogens with one attached hydrogen (secondary N) is 1. The van der Waals surface area contributed by atoms with Crippen LogP contribution in [0.25, 0.3) is 0 Å². The molecular formula is C19H27N5O5S. The highest BCUT2D eigenvalue weighted by Gasteiger charge is 2.26. The molecule has 1 aromatic heterocycles. The van der Waals surface area contributed by atoms with E-state index in [0.29, 0.717) is 57.5 Å². The summed E-state index contributed by atoms with van der Waals surface area (Å²) in [6.07, 6.45) is 0.695. The molecule has 11 heteroatoms. The predicted octanol–water partition coefficient (Wildman–Crippen LogP) is 0.401. The molecule has 2 aromatic rings. The Balaban J connectivity index is 1.47. The summed E-state index contributed by atoms with van der Waals surface area (Å²) in [5.41, 5.74) is 0.816. The molecule has 0 spiro atoms. The minimum atomic E-state index is -3.52. The van der Waals surface area contributed by atoms with E-state index < -0.39 is 10.0 Å². The van der Waals surface area contributed by atoms with Crippen molar-refractivity contribution in [2.24, 2.45) is 0 Å². The van der Waals surface area contributed by atoms with E-state index in [1.165, 1.54) is 4.31 Å². The first kappa shape index (κ1) is 22.3. The summed E-state index contributed by atoms with van der Waals surface area (Å²) in [4.78, 5) is 18.4. The number of aromatic nitrogens is 2. The van der Waals surface area contributed by atoms with E-state index in [2.05, 4.69) is 15.5 Å². The van der Waals surface area contributed by atoms with Gasteiger partial charge in [0.2, 0.25) is 21.8 Å². The molecule has 164 valence electrons. The molecule has 3 rings (SSSR count). The first-order valence-electron chi connectivity index (χ1n) is 9.82. The van der Waals surface area contributed by atoms with Gasteiger partial charge in [-0.15, -0.1) is 0 Å². The van der Waals surface area contributed by atoms with Crippen LogP contribution in [0.4, 0.5) is 0 Å². The molecule has 0 bridgehead atoms. The Hall–Kier alpha value is -2.34. The molecule has 0 aliphatic carbocycles. The summed E-state index contributed by atoms with van der Waals surface area (Å²) >= 11 is 0. The molecule has 1 aliphatic heterocycles. The van der Waals surface area contributed by atoms with Crippen LogP contribution in [0.3, 0.4) is 0 Å². The third kappa shape index (κ3) is 5.85. The Morgan fingerprint density at radius 3 is 2.57 bits per heavy atom. The third-order valence-corrected chi connectivity index (χ3v) is 6.58. The fourth-order valence-electron chi connectivity index (χ4n) is 3.00. The van der Waals surface area contributed by atoms with Crippen LogP contribution in [0.1, 0.15) is 24.2 Å². The normalized spacial score (nSPS) is 15.4. The molecule has 10 nitrogen and oxygen atoms in total.